The Kier molecular flexibility index (Phi) is 2.14. The molecule has 0 amide bonds. The fraction of sp³-hybridized carbons (Fsp3) is 0.182. The van der Waals surface area contributed by atoms with Crippen LogP contribution in [0.3, 0.4) is 0 Å². The van der Waals surface area contributed by atoms with Crippen molar-refractivity contribution in [3.63, 3.8) is 0 Å². The van der Waals surface area contributed by atoms with Gasteiger partial charge in [-0.1, -0.05) is 18.2 Å². The Morgan fingerprint density at radius 1 is 1.13 bits per heavy atom. The molecule has 78 valence electrons. The molecule has 0 atom stereocenters. The van der Waals surface area contributed by atoms with Gasteiger partial charge in [0.25, 0.3) is 0 Å². The second-order valence-electron chi connectivity index (χ2n) is 3.36. The van der Waals surface area contributed by atoms with Gasteiger partial charge in [-0.2, -0.15) is 13.2 Å². The minimum absolute atomic E-state index is 0.236. The zero-order valence-electron chi connectivity index (χ0n) is 7.97. The van der Waals surface area contributed by atoms with Gasteiger partial charge in [-0.25, -0.2) is 0 Å². The Morgan fingerprint density at radius 2 is 1.87 bits per heavy atom. The molecule has 0 unspecified atom stereocenters. The minimum Gasteiger partial charge on any atom is -0.263 e. The van der Waals surface area contributed by atoms with Crippen LogP contribution in [0, 0.1) is 6.92 Å². The number of hydrogen-bond acceptors (Lipinski definition) is 1. The summed E-state index contributed by atoms with van der Waals surface area (Å²) in [6.07, 6.45) is -2.04. The minimum atomic E-state index is -4.35. The van der Waals surface area contributed by atoms with Crippen molar-refractivity contribution in [1.29, 1.82) is 0 Å². The summed E-state index contributed by atoms with van der Waals surface area (Å²) in [4.78, 5) is 3.60. The summed E-state index contributed by atoms with van der Waals surface area (Å²) < 4.78 is 38.0. The number of alkyl halides is 3. The second-order valence-corrected chi connectivity index (χ2v) is 3.36. The Hall–Kier alpha value is -1.58. The van der Waals surface area contributed by atoms with Gasteiger partial charge in [-0.05, 0) is 17.9 Å². The summed E-state index contributed by atoms with van der Waals surface area (Å²) in [7, 11) is 0. The lowest BCUT2D eigenvalue weighted by molar-refractivity contribution is -0.136. The predicted molar refractivity (Wildman–Crippen MR) is 51.5 cm³/mol. The zero-order valence-corrected chi connectivity index (χ0v) is 7.97. The number of aryl methyl sites for hydroxylation is 1. The second kappa shape index (κ2) is 3.22. The monoisotopic (exact) mass is 211 g/mol. The van der Waals surface area contributed by atoms with Crippen LogP contribution in [0.1, 0.15) is 11.1 Å². The van der Waals surface area contributed by atoms with Crippen molar-refractivity contribution in [3.05, 3.63) is 41.7 Å². The number of aromatic nitrogens is 1. The first-order valence-corrected chi connectivity index (χ1v) is 4.40. The van der Waals surface area contributed by atoms with Crippen molar-refractivity contribution in [2.75, 3.05) is 0 Å². The van der Waals surface area contributed by atoms with Crippen molar-refractivity contribution < 1.29 is 13.2 Å². The highest BCUT2D eigenvalue weighted by Gasteiger charge is 2.33. The summed E-state index contributed by atoms with van der Waals surface area (Å²) >= 11 is 0. The zero-order chi connectivity index (χ0) is 11.1. The summed E-state index contributed by atoms with van der Waals surface area (Å²) in [5.74, 6) is 0. The molecule has 1 nitrogen and oxygen atoms in total. The third-order valence-electron chi connectivity index (χ3n) is 2.30. The van der Waals surface area contributed by atoms with E-state index in [9.17, 15) is 13.2 Å². The fourth-order valence-electron chi connectivity index (χ4n) is 1.64. The van der Waals surface area contributed by atoms with Crippen LogP contribution in [0.5, 0.6) is 0 Å². The number of hydrogen-bond donors (Lipinski definition) is 0. The Labute approximate surface area is 84.6 Å². The van der Waals surface area contributed by atoms with Crippen LogP contribution in [0.2, 0.25) is 0 Å². The highest BCUT2D eigenvalue weighted by atomic mass is 19.4. The van der Waals surface area contributed by atoms with Gasteiger partial charge in [0.05, 0.1) is 5.56 Å². The van der Waals surface area contributed by atoms with Crippen LogP contribution in [-0.4, -0.2) is 4.98 Å². The molecule has 0 aliphatic heterocycles. The lowest BCUT2D eigenvalue weighted by atomic mass is 10.0. The number of nitrogens with zero attached hydrogens (tertiary/aromatic N) is 1. The largest absolute Gasteiger partial charge is 0.418 e. The quantitative estimate of drug-likeness (QED) is 0.649. The van der Waals surface area contributed by atoms with E-state index >= 15 is 0 Å². The van der Waals surface area contributed by atoms with Gasteiger partial charge in [-0.3, -0.25) is 4.98 Å². The van der Waals surface area contributed by atoms with Gasteiger partial charge in [0.1, 0.15) is 0 Å². The van der Waals surface area contributed by atoms with E-state index in [1.165, 1.54) is 6.20 Å². The first-order valence-electron chi connectivity index (χ1n) is 4.40. The van der Waals surface area contributed by atoms with E-state index in [0.717, 1.165) is 6.20 Å². The van der Waals surface area contributed by atoms with Crippen molar-refractivity contribution in [3.8, 4) is 0 Å². The molecule has 0 spiro atoms. The molecule has 15 heavy (non-hydrogen) atoms. The molecule has 4 heteroatoms. The normalized spacial score (nSPS) is 12.0. The van der Waals surface area contributed by atoms with E-state index in [-0.39, 0.29) is 5.39 Å². The molecule has 0 fully saturated rings. The summed E-state index contributed by atoms with van der Waals surface area (Å²) in [6.45, 7) is 1.66. The average molecular weight is 211 g/mol. The van der Waals surface area contributed by atoms with Gasteiger partial charge < -0.3 is 0 Å². The van der Waals surface area contributed by atoms with Crippen LogP contribution in [0.25, 0.3) is 10.8 Å². The van der Waals surface area contributed by atoms with E-state index in [0.29, 0.717) is 10.9 Å². The number of pyridine rings is 1. The lowest BCUT2D eigenvalue weighted by Crippen LogP contribution is -2.07. The molecule has 1 heterocycles. The molecule has 0 radical (unpaired) electrons. The van der Waals surface area contributed by atoms with Crippen LogP contribution in [0.15, 0.2) is 30.6 Å². The SMILES string of the molecule is Cc1cccc2cncc(C(F)(F)F)c12. The molecule has 0 aliphatic carbocycles. The molecule has 0 saturated carbocycles. The number of halogens is 3. The molecule has 1 aromatic heterocycles. The number of fused-ring (bicyclic) bond motifs is 1. The first-order chi connectivity index (χ1) is 7.00. The topological polar surface area (TPSA) is 12.9 Å². The lowest BCUT2D eigenvalue weighted by Gasteiger charge is -2.11. The summed E-state index contributed by atoms with van der Waals surface area (Å²) in [5.41, 5.74) is -0.0553. The van der Waals surface area contributed by atoms with Crippen LogP contribution in [0.4, 0.5) is 13.2 Å². The van der Waals surface area contributed by atoms with Crippen molar-refractivity contribution in [1.82, 2.24) is 4.98 Å². The van der Waals surface area contributed by atoms with Crippen LogP contribution in [-0.2, 0) is 6.18 Å². The van der Waals surface area contributed by atoms with E-state index in [2.05, 4.69) is 4.98 Å². The summed E-state index contributed by atoms with van der Waals surface area (Å²) in [6, 6.07) is 5.02. The highest BCUT2D eigenvalue weighted by Crippen LogP contribution is 2.35. The number of rotatable bonds is 0. The van der Waals surface area contributed by atoms with Gasteiger partial charge in [0.2, 0.25) is 0 Å². The maximum Gasteiger partial charge on any atom is 0.418 e. The maximum atomic E-state index is 12.7. The summed E-state index contributed by atoms with van der Waals surface area (Å²) in [5, 5.41) is 0.754. The Bertz CT molecular complexity index is 497. The van der Waals surface area contributed by atoms with Gasteiger partial charge in [0, 0.05) is 17.8 Å². The number of benzene rings is 1. The molecule has 0 saturated heterocycles. The average Bonchev–Trinajstić information content (AvgIpc) is 2.16. The molecule has 1 aromatic carbocycles. The molecule has 0 N–H and O–H groups in total. The van der Waals surface area contributed by atoms with Gasteiger partial charge >= 0.3 is 6.18 Å². The molecule has 2 aromatic rings. The van der Waals surface area contributed by atoms with Crippen LogP contribution >= 0.6 is 0 Å². The van der Waals surface area contributed by atoms with Gasteiger partial charge in [0.15, 0.2) is 0 Å². The van der Waals surface area contributed by atoms with Crippen LogP contribution < -0.4 is 0 Å². The Balaban J connectivity index is 2.86. The van der Waals surface area contributed by atoms with E-state index in [1.807, 2.05) is 0 Å². The first kappa shape index (κ1) is 9.96. The Morgan fingerprint density at radius 3 is 2.53 bits per heavy atom. The van der Waals surface area contributed by atoms with Crippen molar-refractivity contribution >= 4 is 10.8 Å². The predicted octanol–water partition coefficient (Wildman–Crippen LogP) is 3.56. The molecule has 2 rings (SSSR count). The smallest absolute Gasteiger partial charge is 0.263 e. The molecular formula is C11H8F3N. The van der Waals surface area contributed by atoms with E-state index < -0.39 is 11.7 Å². The highest BCUT2D eigenvalue weighted by molar-refractivity contribution is 5.88. The van der Waals surface area contributed by atoms with E-state index in [1.54, 1.807) is 25.1 Å². The van der Waals surface area contributed by atoms with Gasteiger partial charge in [-0.15, -0.1) is 0 Å². The molecule has 0 aliphatic rings. The third-order valence-corrected chi connectivity index (χ3v) is 2.30. The fourth-order valence-corrected chi connectivity index (χ4v) is 1.64. The van der Waals surface area contributed by atoms with Crippen molar-refractivity contribution in [2.45, 2.75) is 13.1 Å². The molecule has 0 bridgehead atoms. The molecular weight excluding hydrogens is 203 g/mol. The third kappa shape index (κ3) is 1.67. The maximum absolute atomic E-state index is 12.7. The van der Waals surface area contributed by atoms with Crippen molar-refractivity contribution in [2.24, 2.45) is 0 Å². The standard InChI is InChI=1S/C11H8F3N/c1-7-3-2-4-8-5-15-6-9(10(7)8)11(12,13)14/h2-6H,1H3. The van der Waals surface area contributed by atoms with E-state index in [4.69, 9.17) is 0 Å².